The number of hydrogen-bond acceptors (Lipinski definition) is 4. The largest absolute Gasteiger partial charge is 0.347 e. The number of rotatable bonds is 5. The van der Waals surface area contributed by atoms with Gasteiger partial charge in [0.2, 0.25) is 5.91 Å². The molecule has 3 aromatic rings. The molecule has 1 aromatic heterocycles. The predicted octanol–water partition coefficient (Wildman–Crippen LogP) is 3.17. The van der Waals surface area contributed by atoms with Crippen LogP contribution in [0.3, 0.4) is 0 Å². The van der Waals surface area contributed by atoms with Crippen molar-refractivity contribution in [2.24, 2.45) is 5.92 Å². The average molecular weight is 431 g/mol. The van der Waals surface area contributed by atoms with E-state index in [4.69, 9.17) is 0 Å². The lowest BCUT2D eigenvalue weighted by Gasteiger charge is -2.32. The van der Waals surface area contributed by atoms with Crippen molar-refractivity contribution in [2.45, 2.75) is 19.4 Å². The Kier molecular flexibility index (Phi) is 6.60. The third-order valence-corrected chi connectivity index (χ3v) is 5.43. The average Bonchev–Trinajstić information content (AvgIpc) is 2.81. The predicted molar refractivity (Wildman–Crippen MR) is 122 cm³/mol. The third kappa shape index (κ3) is 5.40. The Balaban J connectivity index is 1.36. The van der Waals surface area contributed by atoms with E-state index in [0.29, 0.717) is 25.3 Å². The molecule has 0 spiro atoms. The molecule has 1 aliphatic heterocycles. The number of benzene rings is 2. The molecule has 3 amide bonds. The van der Waals surface area contributed by atoms with Gasteiger partial charge in [0.05, 0.1) is 12.5 Å². The lowest BCUT2D eigenvalue weighted by molar-refractivity contribution is -0.121. The molecule has 8 nitrogen and oxygen atoms in total. The number of amides is 3. The highest BCUT2D eigenvalue weighted by molar-refractivity contribution is 5.94. The zero-order valence-corrected chi connectivity index (χ0v) is 17.6. The fourth-order valence-electron chi connectivity index (χ4n) is 3.80. The highest BCUT2D eigenvalue weighted by Gasteiger charge is 2.28. The van der Waals surface area contributed by atoms with Crippen molar-refractivity contribution in [1.29, 1.82) is 0 Å². The Morgan fingerprint density at radius 3 is 2.62 bits per heavy atom. The Morgan fingerprint density at radius 2 is 1.81 bits per heavy atom. The van der Waals surface area contributed by atoms with Crippen molar-refractivity contribution in [2.75, 3.05) is 23.7 Å². The molecule has 32 heavy (non-hydrogen) atoms. The van der Waals surface area contributed by atoms with Gasteiger partial charge in [0.15, 0.2) is 0 Å². The van der Waals surface area contributed by atoms with Crippen molar-refractivity contribution in [1.82, 2.24) is 14.5 Å². The van der Waals surface area contributed by atoms with Crippen LogP contribution in [0.2, 0.25) is 0 Å². The fourth-order valence-corrected chi connectivity index (χ4v) is 3.80. The van der Waals surface area contributed by atoms with Crippen LogP contribution >= 0.6 is 0 Å². The number of piperidine rings is 1. The van der Waals surface area contributed by atoms with Crippen LogP contribution < -0.4 is 16.3 Å². The van der Waals surface area contributed by atoms with Crippen LogP contribution in [0.5, 0.6) is 0 Å². The molecule has 0 radical (unpaired) electrons. The Labute approximate surface area is 185 Å². The molecule has 0 bridgehead atoms. The Hall–Kier alpha value is -3.94. The standard InChI is InChI=1S/C24H25N5O3/c30-22(26-20-9-2-1-3-10-20)19-8-5-13-29(17-19)24(32)27-21-11-4-7-18(15-21)16-28-14-6-12-25-23(28)31/h1-4,6-7,9-12,14-15,19H,5,8,13,16-17H2,(H,26,30)(H,27,32). The highest BCUT2D eigenvalue weighted by atomic mass is 16.2. The van der Waals surface area contributed by atoms with Crippen LogP contribution in [-0.4, -0.2) is 39.5 Å². The van der Waals surface area contributed by atoms with Gasteiger partial charge in [0.25, 0.3) is 0 Å². The molecule has 0 saturated carbocycles. The smallest absolute Gasteiger partial charge is 0.326 e. The summed E-state index contributed by atoms with van der Waals surface area (Å²) in [6, 6.07) is 18.1. The van der Waals surface area contributed by atoms with Crippen molar-refractivity contribution in [3.63, 3.8) is 0 Å². The second kappa shape index (κ2) is 9.91. The number of urea groups is 1. The number of nitrogens with one attached hydrogen (secondary N) is 2. The molecule has 2 heterocycles. The first-order valence-corrected chi connectivity index (χ1v) is 10.6. The maximum atomic E-state index is 12.8. The quantitative estimate of drug-likeness (QED) is 0.649. The lowest BCUT2D eigenvalue weighted by atomic mass is 9.97. The summed E-state index contributed by atoms with van der Waals surface area (Å²) in [5.41, 5.74) is 1.94. The van der Waals surface area contributed by atoms with Crippen molar-refractivity contribution < 1.29 is 9.59 Å². The summed E-state index contributed by atoms with van der Waals surface area (Å²) in [4.78, 5) is 42.7. The van der Waals surface area contributed by atoms with E-state index in [1.54, 1.807) is 23.2 Å². The number of para-hydroxylation sites is 1. The number of carbonyl (C=O) groups is 2. The topological polar surface area (TPSA) is 96.3 Å². The van der Waals surface area contributed by atoms with Gasteiger partial charge in [-0.25, -0.2) is 14.6 Å². The summed E-state index contributed by atoms with van der Waals surface area (Å²) in [6.45, 7) is 1.34. The summed E-state index contributed by atoms with van der Waals surface area (Å²) in [5.74, 6) is -0.323. The van der Waals surface area contributed by atoms with E-state index < -0.39 is 0 Å². The summed E-state index contributed by atoms with van der Waals surface area (Å²) >= 11 is 0. The molecule has 8 heteroatoms. The first-order valence-electron chi connectivity index (χ1n) is 10.6. The maximum absolute atomic E-state index is 12.8. The zero-order valence-electron chi connectivity index (χ0n) is 17.6. The Morgan fingerprint density at radius 1 is 1.00 bits per heavy atom. The monoisotopic (exact) mass is 431 g/mol. The van der Waals surface area contributed by atoms with Crippen LogP contribution in [0, 0.1) is 5.92 Å². The van der Waals surface area contributed by atoms with Gasteiger partial charge < -0.3 is 15.5 Å². The van der Waals surface area contributed by atoms with Crippen LogP contribution in [-0.2, 0) is 11.3 Å². The molecule has 1 saturated heterocycles. The SMILES string of the molecule is O=C(Nc1ccccc1)C1CCCN(C(=O)Nc2cccc(Cn3cccnc3=O)c2)C1. The maximum Gasteiger partial charge on any atom is 0.347 e. The van der Waals surface area contributed by atoms with E-state index in [-0.39, 0.29) is 23.5 Å². The molecule has 2 aromatic carbocycles. The summed E-state index contributed by atoms with van der Waals surface area (Å²) in [5, 5.41) is 5.84. The minimum Gasteiger partial charge on any atom is -0.326 e. The second-order valence-electron chi connectivity index (χ2n) is 7.80. The first-order chi connectivity index (χ1) is 15.6. The molecular weight excluding hydrogens is 406 g/mol. The van der Waals surface area contributed by atoms with Gasteiger partial charge in [-0.15, -0.1) is 0 Å². The number of carbonyl (C=O) groups excluding carboxylic acids is 2. The molecular formula is C24H25N5O3. The van der Waals surface area contributed by atoms with Gasteiger partial charge in [0.1, 0.15) is 0 Å². The third-order valence-electron chi connectivity index (χ3n) is 5.43. The summed E-state index contributed by atoms with van der Waals surface area (Å²) < 4.78 is 1.50. The highest BCUT2D eigenvalue weighted by Crippen LogP contribution is 2.20. The molecule has 2 N–H and O–H groups in total. The van der Waals surface area contributed by atoms with Crippen LogP contribution in [0.4, 0.5) is 16.2 Å². The van der Waals surface area contributed by atoms with E-state index in [2.05, 4.69) is 15.6 Å². The van der Waals surface area contributed by atoms with Crippen molar-refractivity contribution >= 4 is 23.3 Å². The van der Waals surface area contributed by atoms with E-state index >= 15 is 0 Å². The minimum atomic E-state index is -0.324. The molecule has 1 atom stereocenters. The lowest BCUT2D eigenvalue weighted by Crippen LogP contribution is -2.45. The van der Waals surface area contributed by atoms with Crippen LogP contribution in [0.1, 0.15) is 18.4 Å². The number of anilines is 2. The summed E-state index contributed by atoms with van der Waals surface area (Å²) in [7, 11) is 0. The molecule has 1 aliphatic rings. The molecule has 1 fully saturated rings. The number of nitrogens with zero attached hydrogens (tertiary/aromatic N) is 3. The van der Waals surface area contributed by atoms with Gasteiger partial charge in [0, 0.05) is 36.9 Å². The van der Waals surface area contributed by atoms with Crippen LogP contribution in [0.25, 0.3) is 0 Å². The summed E-state index contributed by atoms with van der Waals surface area (Å²) in [6.07, 6.45) is 4.65. The van der Waals surface area contributed by atoms with Gasteiger partial charge >= 0.3 is 11.7 Å². The zero-order chi connectivity index (χ0) is 22.3. The second-order valence-corrected chi connectivity index (χ2v) is 7.80. The number of likely N-dealkylation sites (tertiary alicyclic amines) is 1. The Bertz CT molecular complexity index is 1150. The van der Waals surface area contributed by atoms with Gasteiger partial charge in [-0.05, 0) is 48.7 Å². The van der Waals surface area contributed by atoms with Gasteiger partial charge in [-0.2, -0.15) is 0 Å². The van der Waals surface area contributed by atoms with Gasteiger partial charge in [-0.1, -0.05) is 30.3 Å². The van der Waals surface area contributed by atoms with E-state index in [1.807, 2.05) is 48.5 Å². The number of aromatic nitrogens is 2. The molecule has 1 unspecified atom stereocenters. The van der Waals surface area contributed by atoms with Crippen LogP contribution in [0.15, 0.2) is 77.9 Å². The first kappa shape index (κ1) is 21.3. The number of hydrogen-bond donors (Lipinski definition) is 2. The fraction of sp³-hybridized carbons (Fsp3) is 0.250. The van der Waals surface area contributed by atoms with Gasteiger partial charge in [-0.3, -0.25) is 9.36 Å². The van der Waals surface area contributed by atoms with E-state index in [9.17, 15) is 14.4 Å². The molecule has 0 aliphatic carbocycles. The van der Waals surface area contributed by atoms with E-state index in [1.165, 1.54) is 10.8 Å². The van der Waals surface area contributed by atoms with E-state index in [0.717, 1.165) is 24.1 Å². The normalized spacial score (nSPS) is 15.8. The molecule has 4 rings (SSSR count). The minimum absolute atomic E-state index is 0.0717. The van der Waals surface area contributed by atoms with Crippen molar-refractivity contribution in [3.8, 4) is 0 Å². The molecule has 164 valence electrons. The van der Waals surface area contributed by atoms with Crippen molar-refractivity contribution in [3.05, 3.63) is 89.1 Å².